The molecule has 6 aromatic carbocycles. The minimum Gasteiger partial charge on any atom is -0.505 e. The van der Waals surface area contributed by atoms with E-state index >= 15 is 0 Å². The number of aromatic hydroxyl groups is 3. The number of esters is 1. The number of benzene rings is 6. The van der Waals surface area contributed by atoms with Crippen molar-refractivity contribution in [2.24, 2.45) is 17.8 Å². The predicted molar refractivity (Wildman–Crippen MR) is 465 cm³/mol. The molecule has 33 heteroatoms. The third kappa shape index (κ3) is 26.2. The van der Waals surface area contributed by atoms with E-state index in [0.29, 0.717) is 0 Å². The van der Waals surface area contributed by atoms with Crippen molar-refractivity contribution < 1.29 is 92.9 Å². The summed E-state index contributed by atoms with van der Waals surface area (Å²) in [6.45, 7) is 9.16. The molecule has 3 aromatic heterocycles. The van der Waals surface area contributed by atoms with Gasteiger partial charge in [0.1, 0.15) is 47.5 Å². The molecule has 3 saturated heterocycles. The van der Waals surface area contributed by atoms with Gasteiger partial charge in [0.2, 0.25) is 41.4 Å². The molecule has 0 saturated carbocycles. The molecule has 127 heavy (non-hydrogen) atoms. The summed E-state index contributed by atoms with van der Waals surface area (Å²) in [6.07, 6.45) is -0.407. The van der Waals surface area contributed by atoms with Crippen molar-refractivity contribution in [1.82, 2.24) is 73.0 Å². The molecular weight excluding hydrogens is 1630 g/mol. The maximum absolute atomic E-state index is 13.8. The average molecular weight is 1740 g/mol. The van der Waals surface area contributed by atoms with Crippen LogP contribution in [0.2, 0.25) is 0 Å². The summed E-state index contributed by atoms with van der Waals surface area (Å²) < 4.78 is 5.64. The highest BCUT2D eigenvalue weighted by Crippen LogP contribution is 2.25. The van der Waals surface area contributed by atoms with Crippen molar-refractivity contribution in [3.63, 3.8) is 0 Å². The second-order valence-corrected chi connectivity index (χ2v) is 31.6. The van der Waals surface area contributed by atoms with Crippen LogP contribution < -0.4 is 53.2 Å². The summed E-state index contributed by atoms with van der Waals surface area (Å²) in [4.78, 5) is 174. The molecule has 18 atom stereocenters. The molecule has 0 spiro atoms. The van der Waals surface area contributed by atoms with Crippen molar-refractivity contribution in [3.05, 3.63) is 287 Å². The van der Waals surface area contributed by atoms with Crippen molar-refractivity contribution >= 4 is 70.9 Å². The molecule has 11 amide bonds. The number of nitrogens with zero attached hydrogens (tertiary/aromatic N) is 4. The van der Waals surface area contributed by atoms with Gasteiger partial charge in [0, 0.05) is 44.9 Å². The van der Waals surface area contributed by atoms with Gasteiger partial charge in [0.05, 0.1) is 72.3 Å². The topological polar surface area (TPSA) is 498 Å². The van der Waals surface area contributed by atoms with Crippen LogP contribution in [-0.4, -0.2) is 219 Å². The normalized spacial score (nSPS) is 25.1. The summed E-state index contributed by atoms with van der Waals surface area (Å²) in [7, 11) is 1.52. The molecule has 666 valence electrons. The van der Waals surface area contributed by atoms with Gasteiger partial charge in [0.25, 0.3) is 23.6 Å². The smallest absolute Gasteiger partial charge is 0.312 e. The number of rotatable bonds is 18. The maximum atomic E-state index is 13.8. The Morgan fingerprint density at radius 2 is 0.638 bits per heavy atom. The quantitative estimate of drug-likeness (QED) is 0.0548. The van der Waals surface area contributed by atoms with Crippen molar-refractivity contribution in [1.29, 1.82) is 0 Å². The Morgan fingerprint density at radius 1 is 0.339 bits per heavy atom. The minimum atomic E-state index is -1.40. The molecule has 3 fully saturated rings. The lowest BCUT2D eigenvalue weighted by molar-refractivity contribution is -0.164. The van der Waals surface area contributed by atoms with Crippen LogP contribution in [0.4, 0.5) is 0 Å². The Kier molecular flexibility index (Phi) is 33.9. The van der Waals surface area contributed by atoms with Crippen LogP contribution in [0.5, 0.6) is 17.2 Å². The third-order valence-corrected chi connectivity index (χ3v) is 22.3. The van der Waals surface area contributed by atoms with Gasteiger partial charge >= 0.3 is 5.97 Å². The molecule has 6 heterocycles. The number of carbonyl (C=O) groups is 12. The van der Waals surface area contributed by atoms with E-state index in [0.717, 1.165) is 33.4 Å². The second kappa shape index (κ2) is 45.4. The first kappa shape index (κ1) is 94.9. The molecule has 16 N–H and O–H groups in total. The standard InChI is InChI=1S/C32H37N5O6.C31H35N5O6.C31H34N4O7/c1-19-28(39)23(17-21-11-6-4-7-12-21)35-30(41)26(36-31(42)27-25(38)15-10-16-33-27)20(2)34-29(40)24(37(3)32(19)43)18-22-13-8-5-9-14-22;1-18-27(38)22(16-20-10-5-3-6-11-20)34-30(41)25(36-31(42)26-24(37)14-9-15-32-26)19(2)33-29(40)23(35-28(18)39)17-21-12-7-4-8-13-21;1-18-27(37)22(16-20-10-5-3-6-11-20)34-29(39)25(35-30(40)26-23(36)14-9-15-32-26)19(2)33-28(38)24(42-31(18)41)17-21-12-7-4-8-13-21/h4-16,19-20,23-24,26,28,38-39H,17-18H2,1-3H3,(H,34,40)(H,35,41)(H,36,42);3-15,18-19,22-23,25,27,37-38H,16-17H2,1-2H3,(H,33,40)(H,34,41)(H,35,39)(H,36,42);3-15,18-19,22,24-25,27,36-37H,16-17H2,1-2H3,(H,33,38)(H,34,39)(H,35,40)/t19-,20-,23+,24?,26+,28+;18-,19-,22+,23?,25+,27+;18-,19-,22+,24?,25+,27+/m111/s1. The fourth-order valence-electron chi connectivity index (χ4n) is 14.8. The molecule has 0 radical (unpaired) electrons. The van der Waals surface area contributed by atoms with Crippen LogP contribution in [-0.2, 0) is 86.4 Å². The molecule has 3 unspecified atom stereocenters. The summed E-state index contributed by atoms with van der Waals surface area (Å²) in [5.41, 5.74) is 3.86. The molecule has 12 rings (SSSR count). The Balaban J connectivity index is 0.000000199. The van der Waals surface area contributed by atoms with Gasteiger partial charge in [-0.2, -0.15) is 0 Å². The number of pyridine rings is 3. The van der Waals surface area contributed by atoms with Crippen molar-refractivity contribution in [3.8, 4) is 17.2 Å². The van der Waals surface area contributed by atoms with Gasteiger partial charge in [-0.1, -0.05) is 196 Å². The fourth-order valence-corrected chi connectivity index (χ4v) is 14.8. The van der Waals surface area contributed by atoms with Gasteiger partial charge in [0.15, 0.2) is 23.2 Å². The van der Waals surface area contributed by atoms with E-state index in [1.165, 1.54) is 87.7 Å². The number of hydrogen-bond acceptors (Lipinski definition) is 22. The third-order valence-electron chi connectivity index (χ3n) is 22.3. The molecule has 0 bridgehead atoms. The highest BCUT2D eigenvalue weighted by molar-refractivity contribution is 6.01. The number of cyclic esters (lactones) is 1. The van der Waals surface area contributed by atoms with Gasteiger partial charge in [-0.05, 0) is 117 Å². The Hall–Kier alpha value is -14.3. The lowest BCUT2D eigenvalue weighted by atomic mass is 9.90. The van der Waals surface area contributed by atoms with E-state index in [-0.39, 0.29) is 72.9 Å². The van der Waals surface area contributed by atoms with Crippen LogP contribution in [0.3, 0.4) is 0 Å². The van der Waals surface area contributed by atoms with E-state index in [4.69, 9.17) is 4.74 Å². The molecule has 3 aliphatic rings. The van der Waals surface area contributed by atoms with E-state index in [2.05, 4.69) is 68.1 Å². The van der Waals surface area contributed by atoms with Crippen LogP contribution in [0, 0.1) is 17.8 Å². The molecule has 33 nitrogen and oxygen atoms in total. The lowest BCUT2D eigenvalue weighted by Gasteiger charge is -2.37. The average Bonchev–Trinajstić information content (AvgIpc) is 0.806. The summed E-state index contributed by atoms with van der Waals surface area (Å²) in [6, 6.07) is 51.2. The van der Waals surface area contributed by atoms with E-state index < -0.39 is 180 Å². The first-order chi connectivity index (χ1) is 60.8. The number of likely N-dealkylation sites (N-methyl/N-ethyl adjacent to an activating group) is 1. The number of amides is 11. The summed E-state index contributed by atoms with van der Waals surface area (Å²) >= 11 is 0. The summed E-state index contributed by atoms with van der Waals surface area (Å²) in [5.74, 6) is -12.4. The molecule has 9 aromatic rings. The van der Waals surface area contributed by atoms with Crippen LogP contribution in [0.25, 0.3) is 0 Å². The van der Waals surface area contributed by atoms with Crippen LogP contribution in [0.1, 0.15) is 106 Å². The highest BCUT2D eigenvalue weighted by Gasteiger charge is 2.44. The number of aromatic nitrogens is 3. The summed E-state index contributed by atoms with van der Waals surface area (Å²) in [5, 5.41) is 91.7. The molecule has 0 aliphatic carbocycles. The zero-order chi connectivity index (χ0) is 91.5. The number of nitrogens with one attached hydrogen (secondary N) is 10. The Labute approximate surface area is 733 Å². The first-order valence-corrected chi connectivity index (χ1v) is 41.6. The minimum absolute atomic E-state index is 0.0480. The van der Waals surface area contributed by atoms with E-state index in [1.54, 1.807) is 45.0 Å². The van der Waals surface area contributed by atoms with Gasteiger partial charge in [-0.25, -0.2) is 15.0 Å². The van der Waals surface area contributed by atoms with E-state index in [1.807, 2.05) is 158 Å². The molecule has 3 aliphatic heterocycles. The fraction of sp³-hybridized carbons (Fsp3) is 0.330. The number of hydrogen-bond donors (Lipinski definition) is 16. The Bertz CT molecular complexity index is 5050. The predicted octanol–water partition coefficient (Wildman–Crippen LogP) is 3.34. The SMILES string of the molecule is C[C@H]1NC(=O)C(Cc2ccccc2)N(C)C(=O)[C@H](C)[C@H](O)[C@H](Cc2ccccc2)NC(=O)[C@H]1NC(=O)c1ncccc1O.C[C@H]1NC(=O)C(Cc2ccccc2)NC(=O)[C@H](C)[C@H](O)[C@H](Cc2ccccc2)NC(=O)[C@H]1NC(=O)c1ncccc1O.C[C@H]1NC(=O)C(Cc2ccccc2)OC(=O)[C@H](C)[C@H](O)[C@H](Cc2ccccc2)NC(=O)[C@H]1NC(=O)c1ncccc1O. The maximum Gasteiger partial charge on any atom is 0.312 e. The van der Waals surface area contributed by atoms with Crippen LogP contribution in [0.15, 0.2) is 237 Å². The number of aliphatic hydroxyl groups excluding tert-OH is 3. The Morgan fingerprint density at radius 3 is 0.984 bits per heavy atom. The number of ether oxygens (including phenoxy) is 1. The number of carbonyl (C=O) groups excluding carboxylic acids is 12. The lowest BCUT2D eigenvalue weighted by Crippen LogP contribution is -2.64. The van der Waals surface area contributed by atoms with E-state index in [9.17, 15) is 88.2 Å². The number of aliphatic hydroxyl groups is 3. The first-order valence-electron chi connectivity index (χ1n) is 41.6. The highest BCUT2D eigenvalue weighted by atomic mass is 16.5. The molecular formula is C94H106N14O19. The largest absolute Gasteiger partial charge is 0.505 e. The van der Waals surface area contributed by atoms with Gasteiger partial charge in [-0.15, -0.1) is 0 Å². The van der Waals surface area contributed by atoms with Crippen molar-refractivity contribution in [2.75, 3.05) is 7.05 Å². The zero-order valence-corrected chi connectivity index (χ0v) is 70.9. The van der Waals surface area contributed by atoms with Gasteiger partial charge < -0.3 is 93.4 Å². The van der Waals surface area contributed by atoms with Crippen LogP contribution >= 0.6 is 0 Å². The second-order valence-electron chi connectivity index (χ2n) is 31.6. The van der Waals surface area contributed by atoms with Crippen molar-refractivity contribution in [2.45, 2.75) is 171 Å². The zero-order valence-electron chi connectivity index (χ0n) is 70.9. The monoisotopic (exact) mass is 1730 g/mol. The van der Waals surface area contributed by atoms with Gasteiger partial charge in [-0.3, -0.25) is 57.5 Å².